The highest BCUT2D eigenvalue weighted by Crippen LogP contribution is 2.47. The lowest BCUT2D eigenvalue weighted by molar-refractivity contribution is 0.171. The summed E-state index contributed by atoms with van der Waals surface area (Å²) in [4.78, 5) is 0. The Balaban J connectivity index is 1.32. The normalized spacial score (nSPS) is 22.6. The van der Waals surface area contributed by atoms with Crippen LogP contribution in [0.25, 0.3) is 0 Å². The Hall–Kier alpha value is -1.94. The molecule has 116 valence electrons. The van der Waals surface area contributed by atoms with Crippen LogP contribution in [0.5, 0.6) is 11.5 Å². The number of fused-ring (bicyclic) bond motifs is 1. The van der Waals surface area contributed by atoms with Crippen molar-refractivity contribution in [2.24, 2.45) is 5.92 Å². The Morgan fingerprint density at radius 1 is 1.05 bits per heavy atom. The van der Waals surface area contributed by atoms with Crippen LogP contribution in [-0.4, -0.2) is 13.2 Å². The van der Waals surface area contributed by atoms with Crippen molar-refractivity contribution in [2.75, 3.05) is 13.2 Å². The molecule has 1 saturated carbocycles. The second kappa shape index (κ2) is 5.69. The van der Waals surface area contributed by atoms with Gasteiger partial charge in [0.1, 0.15) is 24.7 Å². The van der Waals surface area contributed by atoms with E-state index in [9.17, 15) is 0 Å². The van der Waals surface area contributed by atoms with Crippen molar-refractivity contribution < 1.29 is 13.9 Å². The molecule has 1 aliphatic carbocycles. The average molecular weight is 299 g/mol. The van der Waals surface area contributed by atoms with Crippen molar-refractivity contribution in [1.82, 2.24) is 5.32 Å². The summed E-state index contributed by atoms with van der Waals surface area (Å²) in [6, 6.07) is 10.3. The number of ether oxygens (including phenoxy) is 2. The van der Waals surface area contributed by atoms with Crippen LogP contribution in [0.1, 0.15) is 36.3 Å². The SMILES string of the molecule is C[C@H]1C[C@@H]1c1ccc(CNCc2ccc3c(c2)OCCO3)o1. The standard InChI is InChI=1S/C18H21NO3/c1-12-8-15(12)16-5-3-14(22-16)11-19-10-13-2-4-17-18(9-13)21-7-6-20-17/h2-5,9,12,15,19H,6-8,10-11H2,1H3/t12-,15-/m0/s1. The zero-order valence-electron chi connectivity index (χ0n) is 12.8. The zero-order chi connectivity index (χ0) is 14.9. The van der Waals surface area contributed by atoms with E-state index in [-0.39, 0.29) is 0 Å². The number of hydrogen-bond donors (Lipinski definition) is 1. The molecule has 0 spiro atoms. The molecule has 4 rings (SSSR count). The minimum absolute atomic E-state index is 0.624. The van der Waals surface area contributed by atoms with Crippen LogP contribution in [0.4, 0.5) is 0 Å². The molecule has 1 N–H and O–H groups in total. The molecular weight excluding hydrogens is 278 g/mol. The van der Waals surface area contributed by atoms with Crippen LogP contribution < -0.4 is 14.8 Å². The van der Waals surface area contributed by atoms with Gasteiger partial charge >= 0.3 is 0 Å². The molecule has 4 heteroatoms. The van der Waals surface area contributed by atoms with E-state index in [1.165, 1.54) is 12.0 Å². The number of furan rings is 1. The fraction of sp³-hybridized carbons (Fsp3) is 0.444. The Bertz CT molecular complexity index is 664. The molecule has 2 aliphatic rings. The van der Waals surface area contributed by atoms with Gasteiger partial charge in [0.25, 0.3) is 0 Å². The molecule has 1 fully saturated rings. The van der Waals surface area contributed by atoms with E-state index in [2.05, 4.69) is 30.4 Å². The smallest absolute Gasteiger partial charge is 0.161 e. The van der Waals surface area contributed by atoms with E-state index in [0.29, 0.717) is 19.1 Å². The lowest BCUT2D eigenvalue weighted by Gasteiger charge is -2.18. The van der Waals surface area contributed by atoms with Gasteiger partial charge in [-0.15, -0.1) is 0 Å². The second-order valence-corrected chi connectivity index (χ2v) is 6.21. The zero-order valence-corrected chi connectivity index (χ0v) is 12.8. The van der Waals surface area contributed by atoms with Crippen molar-refractivity contribution >= 4 is 0 Å². The number of nitrogens with one attached hydrogen (secondary N) is 1. The van der Waals surface area contributed by atoms with Crippen molar-refractivity contribution in [3.63, 3.8) is 0 Å². The summed E-state index contributed by atoms with van der Waals surface area (Å²) < 4.78 is 17.0. The predicted octanol–water partition coefficient (Wildman–Crippen LogP) is 3.46. The maximum Gasteiger partial charge on any atom is 0.161 e. The summed E-state index contributed by atoms with van der Waals surface area (Å²) in [7, 11) is 0. The Labute approximate surface area is 130 Å². The first kappa shape index (κ1) is 13.7. The van der Waals surface area contributed by atoms with Gasteiger partial charge in [-0.1, -0.05) is 13.0 Å². The fourth-order valence-corrected chi connectivity index (χ4v) is 2.94. The average Bonchev–Trinajstić information content (AvgIpc) is 3.09. The van der Waals surface area contributed by atoms with E-state index in [1.807, 2.05) is 12.1 Å². The largest absolute Gasteiger partial charge is 0.486 e. The third kappa shape index (κ3) is 2.83. The highest BCUT2D eigenvalue weighted by Gasteiger charge is 2.36. The fourth-order valence-electron chi connectivity index (χ4n) is 2.94. The first-order valence-corrected chi connectivity index (χ1v) is 7.97. The molecule has 1 aromatic carbocycles. The van der Waals surface area contributed by atoms with E-state index in [1.54, 1.807) is 0 Å². The third-order valence-electron chi connectivity index (χ3n) is 4.39. The quantitative estimate of drug-likeness (QED) is 0.918. The molecule has 1 aliphatic heterocycles. The van der Waals surface area contributed by atoms with E-state index in [0.717, 1.165) is 42.0 Å². The maximum absolute atomic E-state index is 5.90. The molecule has 0 amide bonds. The molecule has 0 bridgehead atoms. The summed E-state index contributed by atoms with van der Waals surface area (Å²) in [5.41, 5.74) is 1.19. The summed E-state index contributed by atoms with van der Waals surface area (Å²) in [6.45, 7) is 5.05. The number of rotatable bonds is 5. The van der Waals surface area contributed by atoms with Crippen LogP contribution in [-0.2, 0) is 13.1 Å². The van der Waals surface area contributed by atoms with Crippen molar-refractivity contribution in [3.8, 4) is 11.5 Å². The van der Waals surface area contributed by atoms with E-state index < -0.39 is 0 Å². The van der Waals surface area contributed by atoms with Gasteiger partial charge in [-0.05, 0) is 42.2 Å². The summed E-state index contributed by atoms with van der Waals surface area (Å²) in [5.74, 6) is 5.25. The van der Waals surface area contributed by atoms with Crippen molar-refractivity contribution in [1.29, 1.82) is 0 Å². The van der Waals surface area contributed by atoms with Gasteiger partial charge in [0.05, 0.1) is 6.54 Å². The van der Waals surface area contributed by atoms with E-state index >= 15 is 0 Å². The van der Waals surface area contributed by atoms with Gasteiger partial charge in [-0.3, -0.25) is 0 Å². The monoisotopic (exact) mass is 299 g/mol. The van der Waals surface area contributed by atoms with Crippen molar-refractivity contribution in [3.05, 3.63) is 47.4 Å². The predicted molar refractivity (Wildman–Crippen MR) is 83.2 cm³/mol. The Morgan fingerprint density at radius 2 is 1.86 bits per heavy atom. The van der Waals surface area contributed by atoms with Gasteiger partial charge in [-0.2, -0.15) is 0 Å². The Kier molecular flexibility index (Phi) is 3.54. The number of benzene rings is 1. The van der Waals surface area contributed by atoms with Gasteiger partial charge in [0.2, 0.25) is 0 Å². The van der Waals surface area contributed by atoms with Crippen molar-refractivity contribution in [2.45, 2.75) is 32.4 Å². The molecule has 0 unspecified atom stereocenters. The van der Waals surface area contributed by atoms with Crippen LogP contribution in [0.2, 0.25) is 0 Å². The molecule has 2 atom stereocenters. The highest BCUT2D eigenvalue weighted by molar-refractivity contribution is 5.43. The topological polar surface area (TPSA) is 43.6 Å². The molecule has 0 saturated heterocycles. The molecule has 2 heterocycles. The number of hydrogen-bond acceptors (Lipinski definition) is 4. The maximum atomic E-state index is 5.90. The van der Waals surface area contributed by atoms with E-state index in [4.69, 9.17) is 13.9 Å². The van der Waals surface area contributed by atoms with Gasteiger partial charge < -0.3 is 19.2 Å². The minimum Gasteiger partial charge on any atom is -0.486 e. The van der Waals surface area contributed by atoms with Crippen LogP contribution in [0.15, 0.2) is 34.7 Å². The van der Waals surface area contributed by atoms with Crippen LogP contribution in [0, 0.1) is 5.92 Å². The minimum atomic E-state index is 0.624. The lowest BCUT2D eigenvalue weighted by Crippen LogP contribution is -2.16. The first-order chi connectivity index (χ1) is 10.8. The first-order valence-electron chi connectivity index (χ1n) is 7.97. The molecule has 4 nitrogen and oxygen atoms in total. The highest BCUT2D eigenvalue weighted by atomic mass is 16.6. The summed E-state index contributed by atoms with van der Waals surface area (Å²) in [6.07, 6.45) is 1.26. The molecular formula is C18H21NO3. The van der Waals surface area contributed by atoms with Gasteiger partial charge in [-0.25, -0.2) is 0 Å². The Morgan fingerprint density at radius 3 is 2.68 bits per heavy atom. The second-order valence-electron chi connectivity index (χ2n) is 6.21. The van der Waals surface area contributed by atoms with Gasteiger partial charge in [0, 0.05) is 12.5 Å². The summed E-state index contributed by atoms with van der Waals surface area (Å²) in [5, 5.41) is 3.42. The lowest BCUT2D eigenvalue weighted by atomic mass is 10.2. The molecule has 22 heavy (non-hydrogen) atoms. The van der Waals surface area contributed by atoms with Crippen LogP contribution >= 0.6 is 0 Å². The molecule has 2 aromatic rings. The third-order valence-corrected chi connectivity index (χ3v) is 4.39. The van der Waals surface area contributed by atoms with Crippen LogP contribution in [0.3, 0.4) is 0 Å². The summed E-state index contributed by atoms with van der Waals surface area (Å²) >= 11 is 0. The van der Waals surface area contributed by atoms with Gasteiger partial charge in [0.15, 0.2) is 11.5 Å². The molecule has 1 aromatic heterocycles. The molecule has 0 radical (unpaired) electrons.